The zero-order chi connectivity index (χ0) is 20.6. The Kier molecular flexibility index (Phi) is 14.4. The van der Waals surface area contributed by atoms with Crippen LogP contribution in [0.5, 0.6) is 0 Å². The topological polar surface area (TPSA) is 0 Å². The number of benzene rings is 1. The fraction of sp³-hybridized carbons (Fsp3) is 0.714. The quantitative estimate of drug-likeness (QED) is 0.141. The summed E-state index contributed by atoms with van der Waals surface area (Å²) in [7, 11) is -1.28. The van der Waals surface area contributed by atoms with E-state index in [4.69, 9.17) is 0 Å². The largest absolute Gasteiger partial charge is 0.673 e. The van der Waals surface area contributed by atoms with Crippen molar-refractivity contribution in [2.24, 2.45) is 0 Å². The van der Waals surface area contributed by atoms with Crippen LogP contribution in [0.4, 0.5) is 17.3 Å². The molecule has 0 atom stereocenters. The van der Waals surface area contributed by atoms with Gasteiger partial charge in [0.15, 0.2) is 0 Å². The molecule has 0 fully saturated rings. The van der Waals surface area contributed by atoms with Gasteiger partial charge >= 0.3 is 7.25 Å². The SMILES string of the molecule is CCCCCCCCCCCC[N+](C)(C)Cc1ccccc1.F[B-](F)(F)F. The highest BCUT2D eigenvalue weighted by Gasteiger charge is 2.20. The van der Waals surface area contributed by atoms with Crippen LogP contribution in [0.1, 0.15) is 76.7 Å². The molecule has 0 heterocycles. The molecular formula is C21H38BF4N. The van der Waals surface area contributed by atoms with E-state index >= 15 is 0 Å². The molecule has 0 N–H and O–H groups in total. The molecule has 1 nitrogen and oxygen atoms in total. The summed E-state index contributed by atoms with van der Waals surface area (Å²) in [6, 6.07) is 10.9. The van der Waals surface area contributed by atoms with Gasteiger partial charge in [0.1, 0.15) is 6.54 Å². The Morgan fingerprint density at radius 3 is 1.56 bits per heavy atom. The summed E-state index contributed by atoms with van der Waals surface area (Å²) < 4.78 is 40.1. The van der Waals surface area contributed by atoms with E-state index in [0.29, 0.717) is 0 Å². The van der Waals surface area contributed by atoms with Crippen molar-refractivity contribution in [2.45, 2.75) is 77.7 Å². The van der Waals surface area contributed by atoms with Gasteiger partial charge in [-0.2, -0.15) is 0 Å². The van der Waals surface area contributed by atoms with Crippen LogP contribution in [0.3, 0.4) is 0 Å². The fourth-order valence-electron chi connectivity index (χ4n) is 3.18. The Labute approximate surface area is 163 Å². The minimum atomic E-state index is -6.00. The van der Waals surface area contributed by atoms with Gasteiger partial charge in [-0.05, 0) is 12.8 Å². The lowest BCUT2D eigenvalue weighted by Gasteiger charge is -2.30. The van der Waals surface area contributed by atoms with Gasteiger partial charge in [0.05, 0.1) is 20.6 Å². The summed E-state index contributed by atoms with van der Waals surface area (Å²) >= 11 is 0. The fourth-order valence-corrected chi connectivity index (χ4v) is 3.18. The van der Waals surface area contributed by atoms with Crippen molar-refractivity contribution in [3.63, 3.8) is 0 Å². The summed E-state index contributed by atoms with van der Waals surface area (Å²) in [6.07, 6.45) is 14.2. The Morgan fingerprint density at radius 2 is 1.11 bits per heavy atom. The maximum absolute atomic E-state index is 9.75. The van der Waals surface area contributed by atoms with E-state index in [0.717, 1.165) is 11.0 Å². The molecule has 0 unspecified atom stereocenters. The monoisotopic (exact) mass is 391 g/mol. The van der Waals surface area contributed by atoms with E-state index in [1.54, 1.807) is 0 Å². The normalized spacial score (nSPS) is 11.8. The van der Waals surface area contributed by atoms with Crippen LogP contribution in [0.2, 0.25) is 0 Å². The van der Waals surface area contributed by atoms with Gasteiger partial charge in [0.25, 0.3) is 0 Å². The number of rotatable bonds is 13. The minimum absolute atomic E-state index is 1.11. The molecule has 0 aliphatic rings. The molecule has 0 saturated heterocycles. The van der Waals surface area contributed by atoms with Crippen molar-refractivity contribution in [1.29, 1.82) is 0 Å². The predicted octanol–water partition coefficient (Wildman–Crippen LogP) is 7.48. The number of hydrogen-bond acceptors (Lipinski definition) is 0. The van der Waals surface area contributed by atoms with Crippen molar-refractivity contribution >= 4 is 7.25 Å². The average Bonchev–Trinajstić information content (AvgIpc) is 2.55. The molecule has 6 heteroatoms. The van der Waals surface area contributed by atoms with Crippen molar-refractivity contribution < 1.29 is 21.7 Å². The first-order valence-corrected chi connectivity index (χ1v) is 10.4. The third-order valence-corrected chi connectivity index (χ3v) is 4.57. The lowest BCUT2D eigenvalue weighted by Crippen LogP contribution is -2.39. The zero-order valence-electron chi connectivity index (χ0n) is 17.4. The lowest BCUT2D eigenvalue weighted by atomic mass is 10.1. The number of quaternary nitrogens is 1. The summed E-state index contributed by atoms with van der Waals surface area (Å²) in [5.74, 6) is 0. The Morgan fingerprint density at radius 1 is 0.704 bits per heavy atom. The molecule has 0 saturated carbocycles. The Balaban J connectivity index is 0.00000119. The zero-order valence-corrected chi connectivity index (χ0v) is 17.4. The highest BCUT2D eigenvalue weighted by molar-refractivity contribution is 6.50. The molecule has 27 heavy (non-hydrogen) atoms. The van der Waals surface area contributed by atoms with Crippen molar-refractivity contribution in [1.82, 2.24) is 0 Å². The van der Waals surface area contributed by atoms with E-state index < -0.39 is 7.25 Å². The molecule has 0 bridgehead atoms. The van der Waals surface area contributed by atoms with Crippen molar-refractivity contribution in [3.8, 4) is 0 Å². The van der Waals surface area contributed by atoms with Crippen molar-refractivity contribution in [2.75, 3.05) is 20.6 Å². The number of halogens is 4. The first-order chi connectivity index (χ1) is 12.6. The molecule has 0 radical (unpaired) electrons. The van der Waals surface area contributed by atoms with Crippen LogP contribution in [-0.2, 0) is 6.54 Å². The van der Waals surface area contributed by atoms with Gasteiger partial charge in [0, 0.05) is 5.56 Å². The van der Waals surface area contributed by atoms with Gasteiger partial charge in [-0.15, -0.1) is 0 Å². The number of hydrogen-bond donors (Lipinski definition) is 0. The maximum Gasteiger partial charge on any atom is 0.673 e. The second kappa shape index (κ2) is 15.0. The average molecular weight is 391 g/mol. The van der Waals surface area contributed by atoms with Crippen LogP contribution in [0.25, 0.3) is 0 Å². The number of unbranched alkanes of at least 4 members (excludes halogenated alkanes) is 9. The lowest BCUT2D eigenvalue weighted by molar-refractivity contribution is -0.903. The van der Waals surface area contributed by atoms with Gasteiger partial charge in [-0.1, -0.05) is 88.6 Å². The van der Waals surface area contributed by atoms with Gasteiger partial charge in [-0.25, -0.2) is 0 Å². The molecule has 0 aromatic heterocycles. The van der Waals surface area contributed by atoms with Gasteiger partial charge in [0.2, 0.25) is 0 Å². The molecule has 1 aromatic carbocycles. The summed E-state index contributed by atoms with van der Waals surface area (Å²) in [6.45, 7) is 4.74. The summed E-state index contributed by atoms with van der Waals surface area (Å²) in [5.41, 5.74) is 1.46. The first-order valence-electron chi connectivity index (χ1n) is 10.4. The summed E-state index contributed by atoms with van der Waals surface area (Å²) in [5, 5.41) is 0. The molecule has 158 valence electrons. The van der Waals surface area contributed by atoms with Crippen LogP contribution in [0, 0.1) is 0 Å². The second-order valence-electron chi connectivity index (χ2n) is 7.98. The van der Waals surface area contributed by atoms with E-state index in [-0.39, 0.29) is 0 Å². The summed E-state index contributed by atoms with van der Waals surface area (Å²) in [4.78, 5) is 0. The Hall–Kier alpha value is -1.04. The van der Waals surface area contributed by atoms with Crippen LogP contribution >= 0.6 is 0 Å². The van der Waals surface area contributed by atoms with E-state index in [1.165, 1.54) is 76.3 Å². The van der Waals surface area contributed by atoms with Crippen LogP contribution < -0.4 is 0 Å². The molecule has 1 aromatic rings. The third kappa shape index (κ3) is 21.1. The molecule has 0 aliphatic carbocycles. The number of nitrogens with zero attached hydrogens (tertiary/aromatic N) is 1. The smallest absolute Gasteiger partial charge is 0.418 e. The standard InChI is InChI=1S/C21H38N.BF4/c1-4-5-6-7-8-9-10-11-12-16-19-22(2,3)20-21-17-14-13-15-18-21;2-1(3,4)5/h13-15,17-18H,4-12,16,19-20H2,1-3H3;/q+1;-1. The van der Waals surface area contributed by atoms with Crippen LogP contribution in [0.15, 0.2) is 30.3 Å². The predicted molar refractivity (Wildman–Crippen MR) is 109 cm³/mol. The highest BCUT2D eigenvalue weighted by Crippen LogP contribution is 2.14. The maximum atomic E-state index is 9.75. The molecular weight excluding hydrogens is 353 g/mol. The van der Waals surface area contributed by atoms with E-state index in [1.807, 2.05) is 0 Å². The molecule has 0 spiro atoms. The first kappa shape index (κ1) is 26.0. The van der Waals surface area contributed by atoms with E-state index in [2.05, 4.69) is 51.4 Å². The van der Waals surface area contributed by atoms with Crippen molar-refractivity contribution in [3.05, 3.63) is 35.9 Å². The molecule has 0 amide bonds. The van der Waals surface area contributed by atoms with E-state index in [9.17, 15) is 17.3 Å². The minimum Gasteiger partial charge on any atom is -0.418 e. The second-order valence-corrected chi connectivity index (χ2v) is 7.98. The van der Waals surface area contributed by atoms with Gasteiger partial charge < -0.3 is 21.7 Å². The molecule has 0 aliphatic heterocycles. The Bertz CT molecular complexity index is 443. The van der Waals surface area contributed by atoms with Crippen LogP contribution in [-0.4, -0.2) is 32.4 Å². The third-order valence-electron chi connectivity index (χ3n) is 4.57. The molecule has 1 rings (SSSR count). The highest BCUT2D eigenvalue weighted by atomic mass is 19.5. The van der Waals surface area contributed by atoms with Gasteiger partial charge in [-0.3, -0.25) is 0 Å².